The van der Waals surface area contributed by atoms with Crippen molar-refractivity contribution in [2.45, 2.75) is 28.6 Å². The molecule has 12 heavy (non-hydrogen) atoms. The van der Waals surface area contributed by atoms with Crippen LogP contribution in [0.25, 0.3) is 0 Å². The van der Waals surface area contributed by atoms with E-state index in [0.717, 1.165) is 32.0 Å². The van der Waals surface area contributed by atoms with E-state index in [1.165, 1.54) is 4.30 Å². The first kappa shape index (κ1) is 12.8. The molecule has 0 rings (SSSR count). The molecule has 0 heterocycles. The Balaban J connectivity index is 3.84. The summed E-state index contributed by atoms with van der Waals surface area (Å²) in [6.45, 7) is 2.88. The van der Waals surface area contributed by atoms with Crippen LogP contribution in [0.15, 0.2) is 0 Å². The fraction of sp³-hybridized carbons (Fsp3) is 0.875. The van der Waals surface area contributed by atoms with E-state index in [1.807, 2.05) is 0 Å². The summed E-state index contributed by atoms with van der Waals surface area (Å²) >= 11 is 1.94. The standard InChI is InChI=1S/C4H10N.C2H5.CHO.CH3S.Sn/c1-2-3-4-5;3*1-2;/h1-5H2;1H2,2H3;1H;2H,1H2;. The second kappa shape index (κ2) is 7.21. The molecule has 0 aliphatic carbocycles. The van der Waals surface area contributed by atoms with Crippen LogP contribution < -0.4 is 5.73 Å². The zero-order valence-electron chi connectivity index (χ0n) is 7.75. The Hall–Kier alpha value is 0.779. The number of hydrogen-bond acceptors (Lipinski definition) is 3. The quantitative estimate of drug-likeness (QED) is 0.323. The Morgan fingerprint density at radius 3 is 2.50 bits per heavy atom. The molecule has 0 spiro atoms. The van der Waals surface area contributed by atoms with E-state index >= 15 is 0 Å². The van der Waals surface area contributed by atoms with Gasteiger partial charge in [-0.15, -0.1) is 0 Å². The summed E-state index contributed by atoms with van der Waals surface area (Å²) in [5, 5.41) is 0. The van der Waals surface area contributed by atoms with Crippen LogP contribution in [0.2, 0.25) is 8.87 Å². The van der Waals surface area contributed by atoms with Crippen molar-refractivity contribution in [1.29, 1.82) is 0 Å². The van der Waals surface area contributed by atoms with Crippen LogP contribution in [-0.4, -0.2) is 33.0 Å². The minimum atomic E-state index is -2.36. The van der Waals surface area contributed by atoms with E-state index in [4.69, 9.17) is 5.73 Å². The van der Waals surface area contributed by atoms with Crippen molar-refractivity contribution in [1.82, 2.24) is 0 Å². The molecule has 0 fully saturated rings. The molecule has 72 valence electrons. The molecule has 0 aromatic rings. The third-order valence-electron chi connectivity index (χ3n) is 2.40. The molecular formula is C8H19NOSSn. The van der Waals surface area contributed by atoms with Crippen molar-refractivity contribution in [3.63, 3.8) is 0 Å². The van der Waals surface area contributed by atoms with Gasteiger partial charge in [0.1, 0.15) is 0 Å². The van der Waals surface area contributed by atoms with E-state index < -0.39 is 18.4 Å². The number of thiol groups is 1. The maximum absolute atomic E-state index is 10.9. The van der Waals surface area contributed by atoms with Gasteiger partial charge < -0.3 is 0 Å². The van der Waals surface area contributed by atoms with Crippen LogP contribution in [0.4, 0.5) is 0 Å². The molecule has 1 unspecified atom stereocenters. The SMILES string of the molecule is C[CH2][Sn]([CH]=O)([CH2]S)[CH2]CCCN. The van der Waals surface area contributed by atoms with E-state index in [0.29, 0.717) is 0 Å². The molecule has 0 radical (unpaired) electrons. The zero-order chi connectivity index (χ0) is 9.45. The van der Waals surface area contributed by atoms with Crippen molar-refractivity contribution >= 4 is 35.3 Å². The Labute approximate surface area is 84.6 Å². The number of carbonyl (C=O) groups excluding carboxylic acids is 1. The maximum atomic E-state index is 10.9. The average Bonchev–Trinajstić information content (AvgIpc) is 2.14. The molecule has 0 aliphatic heterocycles. The van der Waals surface area contributed by atoms with Gasteiger partial charge in [-0.3, -0.25) is 0 Å². The first-order valence-electron chi connectivity index (χ1n) is 4.52. The van der Waals surface area contributed by atoms with Crippen LogP contribution in [0.1, 0.15) is 19.8 Å². The monoisotopic (exact) mass is 297 g/mol. The van der Waals surface area contributed by atoms with Gasteiger partial charge >= 0.3 is 84.8 Å². The zero-order valence-corrected chi connectivity index (χ0v) is 11.5. The number of carbonyl (C=O) groups is 1. The summed E-state index contributed by atoms with van der Waals surface area (Å²) in [5.41, 5.74) is 5.40. The van der Waals surface area contributed by atoms with Gasteiger partial charge in [0.05, 0.1) is 0 Å². The van der Waals surface area contributed by atoms with Gasteiger partial charge in [0.25, 0.3) is 0 Å². The van der Waals surface area contributed by atoms with Gasteiger partial charge in [-0.05, 0) is 0 Å². The summed E-state index contributed by atoms with van der Waals surface area (Å²) in [6.07, 6.45) is 2.18. The van der Waals surface area contributed by atoms with Crippen molar-refractivity contribution in [2.24, 2.45) is 5.73 Å². The summed E-state index contributed by atoms with van der Waals surface area (Å²) in [7, 11) is 0. The van der Waals surface area contributed by atoms with Gasteiger partial charge in [0.15, 0.2) is 0 Å². The van der Waals surface area contributed by atoms with E-state index in [2.05, 4.69) is 19.6 Å². The molecule has 0 amide bonds. The average molecular weight is 296 g/mol. The Bertz CT molecular complexity index is 128. The minimum absolute atomic E-state index is 0.747. The summed E-state index contributed by atoms with van der Waals surface area (Å²) < 4.78 is 4.35. The molecule has 4 heteroatoms. The third kappa shape index (κ3) is 4.14. The van der Waals surface area contributed by atoms with E-state index in [9.17, 15) is 4.79 Å². The van der Waals surface area contributed by atoms with Crippen molar-refractivity contribution in [3.8, 4) is 0 Å². The fourth-order valence-corrected chi connectivity index (χ4v) is 10.1. The number of rotatable bonds is 7. The van der Waals surface area contributed by atoms with Gasteiger partial charge in [-0.1, -0.05) is 0 Å². The molecule has 0 aliphatic rings. The molecule has 0 aromatic carbocycles. The molecule has 1 atom stereocenters. The summed E-state index contributed by atoms with van der Waals surface area (Å²) in [6, 6.07) is 0. The van der Waals surface area contributed by atoms with Gasteiger partial charge in [0.2, 0.25) is 0 Å². The van der Waals surface area contributed by atoms with Gasteiger partial charge in [0, 0.05) is 0 Å². The molecule has 0 saturated heterocycles. The van der Waals surface area contributed by atoms with E-state index in [1.54, 1.807) is 0 Å². The van der Waals surface area contributed by atoms with E-state index in [-0.39, 0.29) is 0 Å². The normalized spacial score (nSPS) is 15.6. The topological polar surface area (TPSA) is 43.1 Å². The fourth-order valence-electron chi connectivity index (χ4n) is 1.17. The number of nitrogens with two attached hydrogens (primary N) is 1. The number of hydrogen-bond donors (Lipinski definition) is 2. The predicted octanol–water partition coefficient (Wildman–Crippen LogP) is 1.43. The third-order valence-corrected chi connectivity index (χ3v) is 17.7. The van der Waals surface area contributed by atoms with Crippen LogP contribution in [-0.2, 0) is 4.79 Å². The van der Waals surface area contributed by atoms with Crippen molar-refractivity contribution < 1.29 is 4.79 Å². The first-order valence-corrected chi connectivity index (χ1v) is 12.9. The van der Waals surface area contributed by atoms with Gasteiger partial charge in [-0.25, -0.2) is 0 Å². The Morgan fingerprint density at radius 2 is 2.17 bits per heavy atom. The van der Waals surface area contributed by atoms with Gasteiger partial charge in [-0.2, -0.15) is 0 Å². The molecular weight excluding hydrogens is 277 g/mol. The molecule has 2 N–H and O–H groups in total. The predicted molar refractivity (Wildman–Crippen MR) is 59.9 cm³/mol. The molecule has 0 bridgehead atoms. The van der Waals surface area contributed by atoms with Crippen LogP contribution >= 0.6 is 12.6 Å². The first-order chi connectivity index (χ1) is 5.74. The Kier molecular flexibility index (Phi) is 7.68. The molecule has 0 saturated carbocycles. The van der Waals surface area contributed by atoms with Crippen LogP contribution in [0.5, 0.6) is 0 Å². The summed E-state index contributed by atoms with van der Waals surface area (Å²) in [4.78, 5) is 10.9. The van der Waals surface area contributed by atoms with Crippen molar-refractivity contribution in [2.75, 3.05) is 10.3 Å². The Morgan fingerprint density at radius 1 is 1.50 bits per heavy atom. The molecule has 0 aromatic heterocycles. The van der Waals surface area contributed by atoms with Crippen molar-refractivity contribution in [3.05, 3.63) is 0 Å². The number of unbranched alkanes of at least 4 members (excludes halogenated alkanes) is 1. The van der Waals surface area contributed by atoms with Crippen LogP contribution in [0.3, 0.4) is 0 Å². The molecule has 2 nitrogen and oxygen atoms in total. The second-order valence-electron chi connectivity index (χ2n) is 3.24. The second-order valence-corrected chi connectivity index (χ2v) is 18.2. The summed E-state index contributed by atoms with van der Waals surface area (Å²) in [5.74, 6) is 0. The van der Waals surface area contributed by atoms with Crippen LogP contribution in [0, 0.1) is 0 Å².